The van der Waals surface area contributed by atoms with Crippen LogP contribution in [0, 0.1) is 11.3 Å². The van der Waals surface area contributed by atoms with E-state index in [4.69, 9.17) is 14.2 Å². The normalized spacial score (nSPS) is 23.6. The third-order valence-electron chi connectivity index (χ3n) is 8.21. The van der Waals surface area contributed by atoms with Crippen molar-refractivity contribution in [2.75, 3.05) is 13.2 Å². The topological polar surface area (TPSA) is 123 Å². The maximum absolute atomic E-state index is 14.2. The van der Waals surface area contributed by atoms with Crippen molar-refractivity contribution in [1.82, 2.24) is 15.5 Å². The van der Waals surface area contributed by atoms with E-state index in [1.165, 1.54) is 4.90 Å². The summed E-state index contributed by atoms with van der Waals surface area (Å²) in [4.78, 5) is 55.3. The Morgan fingerprint density at radius 3 is 2.36 bits per heavy atom. The first-order chi connectivity index (χ1) is 21.1. The van der Waals surface area contributed by atoms with Gasteiger partial charge in [-0.2, -0.15) is 0 Å². The number of fused-ring (bicyclic) bond motifs is 1. The Kier molecular flexibility index (Phi) is 9.97. The van der Waals surface area contributed by atoms with E-state index in [9.17, 15) is 19.2 Å². The number of nitrogens with zero attached hydrogens (tertiary/aromatic N) is 1. The molecule has 0 radical (unpaired) electrons. The van der Waals surface area contributed by atoms with Crippen LogP contribution in [0.25, 0.3) is 10.8 Å². The van der Waals surface area contributed by atoms with Crippen LogP contribution in [0.4, 0.5) is 4.79 Å². The Labute approximate surface area is 265 Å². The number of alkyl carbamates (subject to hydrolysis) is 1. The zero-order valence-electron chi connectivity index (χ0n) is 27.5. The van der Waals surface area contributed by atoms with E-state index in [2.05, 4.69) is 23.3 Å². The van der Waals surface area contributed by atoms with Gasteiger partial charge in [0.1, 0.15) is 23.2 Å². The van der Waals surface area contributed by atoms with Crippen LogP contribution in [0.2, 0.25) is 0 Å². The van der Waals surface area contributed by atoms with E-state index in [1.807, 2.05) is 57.2 Å². The summed E-state index contributed by atoms with van der Waals surface area (Å²) in [5.41, 5.74) is -1.73. The number of carbonyl (C=O) groups excluding carboxylic acids is 4. The van der Waals surface area contributed by atoms with Gasteiger partial charge in [0.05, 0.1) is 19.3 Å². The number of carbonyl (C=O) groups is 4. The van der Waals surface area contributed by atoms with Crippen LogP contribution in [0.5, 0.6) is 0 Å². The van der Waals surface area contributed by atoms with Crippen LogP contribution in [0.1, 0.15) is 66.9 Å². The first-order valence-electron chi connectivity index (χ1n) is 15.6. The molecule has 0 spiro atoms. The lowest BCUT2D eigenvalue weighted by molar-refractivity contribution is -0.150. The van der Waals surface area contributed by atoms with Gasteiger partial charge >= 0.3 is 12.1 Å². The number of esters is 1. The molecule has 2 aromatic carbocycles. The van der Waals surface area contributed by atoms with Gasteiger partial charge in [0.2, 0.25) is 11.8 Å². The average molecular weight is 622 g/mol. The number of nitrogens with one attached hydrogen (secondary N) is 2. The maximum Gasteiger partial charge on any atom is 0.408 e. The molecule has 5 unspecified atom stereocenters. The number of ether oxygens (including phenoxy) is 3. The minimum Gasteiger partial charge on any atom is -0.464 e. The van der Waals surface area contributed by atoms with Crippen molar-refractivity contribution in [1.29, 1.82) is 0 Å². The molecule has 5 atom stereocenters. The molecular weight excluding hydrogens is 574 g/mol. The summed E-state index contributed by atoms with van der Waals surface area (Å²) in [5.74, 6) is -1.72. The van der Waals surface area contributed by atoms with Crippen molar-refractivity contribution in [3.05, 3.63) is 60.7 Å². The zero-order valence-corrected chi connectivity index (χ0v) is 27.5. The van der Waals surface area contributed by atoms with Gasteiger partial charge in [-0.3, -0.25) is 9.59 Å². The van der Waals surface area contributed by atoms with Crippen LogP contribution in [-0.4, -0.2) is 71.3 Å². The molecular formula is C35H47N3O7. The second-order valence-electron chi connectivity index (χ2n) is 14.0. The Hall–Kier alpha value is -3.92. The summed E-state index contributed by atoms with van der Waals surface area (Å²) < 4.78 is 17.0. The average Bonchev–Trinajstić information content (AvgIpc) is 3.50. The minimum absolute atomic E-state index is 0.129. The predicted octanol–water partition coefficient (Wildman–Crippen LogP) is 4.89. The lowest BCUT2D eigenvalue weighted by Gasteiger charge is -2.36. The van der Waals surface area contributed by atoms with Gasteiger partial charge < -0.3 is 29.7 Å². The molecule has 2 N–H and O–H groups in total. The fourth-order valence-corrected chi connectivity index (χ4v) is 5.76. The third-order valence-corrected chi connectivity index (χ3v) is 8.21. The van der Waals surface area contributed by atoms with Gasteiger partial charge in [-0.15, -0.1) is 6.58 Å². The summed E-state index contributed by atoms with van der Waals surface area (Å²) in [6.07, 6.45) is 1.02. The molecule has 1 saturated heterocycles. The van der Waals surface area contributed by atoms with E-state index in [-0.39, 0.29) is 32.1 Å². The number of amides is 3. The van der Waals surface area contributed by atoms with Crippen molar-refractivity contribution < 1.29 is 33.4 Å². The zero-order chi connectivity index (χ0) is 33.2. The number of hydrogen-bond donors (Lipinski definition) is 2. The van der Waals surface area contributed by atoms with E-state index in [0.717, 1.165) is 16.3 Å². The first kappa shape index (κ1) is 34.0. The highest BCUT2D eigenvalue weighted by molar-refractivity contribution is 5.96. The quantitative estimate of drug-likeness (QED) is 0.286. The molecule has 10 heteroatoms. The van der Waals surface area contributed by atoms with Gasteiger partial charge in [-0.05, 0) is 61.9 Å². The van der Waals surface area contributed by atoms with Gasteiger partial charge in [0.15, 0.2) is 0 Å². The molecule has 4 rings (SSSR count). The van der Waals surface area contributed by atoms with Crippen LogP contribution >= 0.6 is 0 Å². The smallest absolute Gasteiger partial charge is 0.408 e. The number of rotatable bonds is 10. The molecule has 1 aliphatic carbocycles. The molecule has 1 aliphatic heterocycles. The van der Waals surface area contributed by atoms with Gasteiger partial charge in [0, 0.05) is 18.9 Å². The molecule has 2 aromatic rings. The summed E-state index contributed by atoms with van der Waals surface area (Å²) in [6.45, 7) is 16.8. The molecule has 244 valence electrons. The summed E-state index contributed by atoms with van der Waals surface area (Å²) >= 11 is 0. The first-order valence-corrected chi connectivity index (χ1v) is 15.6. The van der Waals surface area contributed by atoms with Crippen LogP contribution in [-0.2, 0) is 35.2 Å². The van der Waals surface area contributed by atoms with E-state index >= 15 is 0 Å². The van der Waals surface area contributed by atoms with E-state index in [0.29, 0.717) is 6.42 Å². The van der Waals surface area contributed by atoms with Crippen molar-refractivity contribution in [2.24, 2.45) is 11.3 Å². The van der Waals surface area contributed by atoms with Crippen LogP contribution in [0.3, 0.4) is 0 Å². The van der Waals surface area contributed by atoms with Crippen molar-refractivity contribution in [2.45, 2.75) is 97.2 Å². The molecule has 2 fully saturated rings. The Balaban J connectivity index is 1.58. The maximum atomic E-state index is 14.2. The molecule has 0 aromatic heterocycles. The highest BCUT2D eigenvalue weighted by Crippen LogP contribution is 2.45. The van der Waals surface area contributed by atoms with E-state index in [1.54, 1.807) is 33.8 Å². The predicted molar refractivity (Wildman–Crippen MR) is 171 cm³/mol. The van der Waals surface area contributed by atoms with Crippen LogP contribution in [0.15, 0.2) is 55.1 Å². The summed E-state index contributed by atoms with van der Waals surface area (Å²) in [5, 5.41) is 7.85. The van der Waals surface area contributed by atoms with Crippen LogP contribution < -0.4 is 10.6 Å². The molecule has 3 amide bonds. The largest absolute Gasteiger partial charge is 0.464 e. The molecule has 10 nitrogen and oxygen atoms in total. The Morgan fingerprint density at radius 1 is 1.07 bits per heavy atom. The van der Waals surface area contributed by atoms with Gasteiger partial charge in [-0.1, -0.05) is 63.2 Å². The molecule has 1 heterocycles. The summed E-state index contributed by atoms with van der Waals surface area (Å²) in [6, 6.07) is 12.2. The monoisotopic (exact) mass is 621 g/mol. The Morgan fingerprint density at radius 2 is 1.76 bits per heavy atom. The fourth-order valence-electron chi connectivity index (χ4n) is 5.76. The SMILES string of the molecule is C=CC1CC1(NC(=O)C1CC(OCc2ccc3ccccc3c2)CN1C(=O)C(NC(=O)OC(C)(C)C)C(C)(C)C)C(=O)OCC. The number of benzene rings is 2. The molecule has 45 heavy (non-hydrogen) atoms. The minimum atomic E-state index is -1.22. The van der Waals surface area contributed by atoms with Crippen molar-refractivity contribution in [3.63, 3.8) is 0 Å². The van der Waals surface area contributed by atoms with E-state index < -0.39 is 58.6 Å². The second-order valence-corrected chi connectivity index (χ2v) is 14.0. The second kappa shape index (κ2) is 13.2. The van der Waals surface area contributed by atoms with Gasteiger partial charge in [0.25, 0.3) is 0 Å². The fraction of sp³-hybridized carbons (Fsp3) is 0.543. The standard InChI is InChI=1S/C35H47N3O7/c1-9-25-19-35(25,31(41)43-10-2)37-29(39)27-18-26(44-21-22-15-16-23-13-11-12-14-24(23)17-22)20-38(27)30(40)28(33(3,4)5)36-32(42)45-34(6,7)8/h9,11-17,25-28H,1,10,18-21H2,2-8H3,(H,36,42)(H,37,39). The number of hydrogen-bond acceptors (Lipinski definition) is 7. The number of likely N-dealkylation sites (tertiary alicyclic amines) is 1. The molecule has 2 aliphatic rings. The lowest BCUT2D eigenvalue weighted by atomic mass is 9.85. The lowest BCUT2D eigenvalue weighted by Crippen LogP contribution is -2.59. The third kappa shape index (κ3) is 8.03. The highest BCUT2D eigenvalue weighted by Gasteiger charge is 2.62. The molecule has 0 bridgehead atoms. The molecule has 1 saturated carbocycles. The van der Waals surface area contributed by atoms with Crippen molar-refractivity contribution >= 4 is 34.6 Å². The van der Waals surface area contributed by atoms with Crippen molar-refractivity contribution in [3.8, 4) is 0 Å². The van der Waals surface area contributed by atoms with Gasteiger partial charge in [-0.25, -0.2) is 9.59 Å². The Bertz CT molecular complexity index is 1440. The summed E-state index contributed by atoms with van der Waals surface area (Å²) in [7, 11) is 0. The highest BCUT2D eigenvalue weighted by atomic mass is 16.6.